The summed E-state index contributed by atoms with van der Waals surface area (Å²) in [5.41, 5.74) is 0. The molecule has 0 aliphatic heterocycles. The van der Waals surface area contributed by atoms with Crippen LogP contribution in [-0.2, 0) is 16.6 Å². The average Bonchev–Trinajstić information content (AvgIpc) is 2.81. The van der Waals surface area contributed by atoms with Crippen LogP contribution in [0.15, 0.2) is 16.6 Å². The van der Waals surface area contributed by atoms with Gasteiger partial charge in [0.15, 0.2) is 5.82 Å². The normalized spacial score (nSPS) is 11.9. The van der Waals surface area contributed by atoms with Crippen molar-refractivity contribution in [3.63, 3.8) is 0 Å². The molecule has 2 aromatic heterocycles. The van der Waals surface area contributed by atoms with Gasteiger partial charge in [0, 0.05) is 6.54 Å². The summed E-state index contributed by atoms with van der Waals surface area (Å²) in [6.45, 7) is 2.17. The van der Waals surface area contributed by atoms with Gasteiger partial charge in [0.05, 0.1) is 9.90 Å². The molecular weight excluding hydrogens is 284 g/mol. The van der Waals surface area contributed by atoms with Crippen LogP contribution in [0.1, 0.15) is 6.92 Å². The maximum atomic E-state index is 11.3. The molecule has 2 heterocycles. The Labute approximate surface area is 107 Å². The molecule has 0 saturated heterocycles. The number of hydrogen-bond donors (Lipinski definition) is 1. The molecule has 17 heavy (non-hydrogen) atoms. The number of nitrogens with zero attached hydrogens (tertiary/aromatic N) is 3. The van der Waals surface area contributed by atoms with Crippen LogP contribution in [-0.4, -0.2) is 23.2 Å². The fourth-order valence-electron chi connectivity index (χ4n) is 1.41. The molecule has 0 fully saturated rings. The van der Waals surface area contributed by atoms with Gasteiger partial charge in [0.2, 0.25) is 0 Å². The van der Waals surface area contributed by atoms with Gasteiger partial charge in [0.1, 0.15) is 0 Å². The topological polar surface area (TPSA) is 90.9 Å². The van der Waals surface area contributed by atoms with Gasteiger partial charge in [-0.2, -0.15) is 0 Å². The highest BCUT2D eigenvalue weighted by Crippen LogP contribution is 2.32. The predicted molar refractivity (Wildman–Crippen MR) is 65.4 cm³/mol. The van der Waals surface area contributed by atoms with E-state index in [-0.39, 0.29) is 5.16 Å². The molecule has 0 aromatic carbocycles. The van der Waals surface area contributed by atoms with Crippen LogP contribution in [0.2, 0.25) is 5.02 Å². The van der Waals surface area contributed by atoms with Gasteiger partial charge in [-0.1, -0.05) is 11.6 Å². The summed E-state index contributed by atoms with van der Waals surface area (Å²) in [4.78, 5) is 0.677. The van der Waals surface area contributed by atoms with E-state index in [1.54, 1.807) is 18.4 Å². The Morgan fingerprint density at radius 2 is 2.24 bits per heavy atom. The van der Waals surface area contributed by atoms with Crippen molar-refractivity contribution in [2.24, 2.45) is 5.14 Å². The molecule has 2 N–H and O–H groups in total. The molecule has 2 aromatic rings. The molecule has 0 amide bonds. The number of nitrogens with two attached hydrogens (primary N) is 1. The van der Waals surface area contributed by atoms with Gasteiger partial charge in [0.25, 0.3) is 15.2 Å². The van der Waals surface area contributed by atoms with Crippen LogP contribution in [0.5, 0.6) is 0 Å². The Kier molecular flexibility index (Phi) is 3.21. The molecule has 0 aliphatic carbocycles. The van der Waals surface area contributed by atoms with Crippen LogP contribution in [0.4, 0.5) is 0 Å². The third-order valence-corrected chi connectivity index (χ3v) is 4.26. The molecule has 9 heteroatoms. The van der Waals surface area contributed by atoms with Crippen molar-refractivity contribution in [3.8, 4) is 10.7 Å². The Morgan fingerprint density at radius 3 is 2.71 bits per heavy atom. The van der Waals surface area contributed by atoms with E-state index >= 15 is 0 Å². The van der Waals surface area contributed by atoms with Crippen molar-refractivity contribution < 1.29 is 8.42 Å². The van der Waals surface area contributed by atoms with Gasteiger partial charge in [-0.15, -0.1) is 21.5 Å². The smallest absolute Gasteiger partial charge is 0.273 e. The second-order valence-electron chi connectivity index (χ2n) is 3.19. The molecule has 0 spiro atoms. The van der Waals surface area contributed by atoms with Crippen molar-refractivity contribution in [1.82, 2.24) is 14.8 Å². The number of rotatable bonds is 3. The second-order valence-corrected chi connectivity index (χ2v) is 5.97. The lowest BCUT2D eigenvalue weighted by Gasteiger charge is -2.04. The van der Waals surface area contributed by atoms with E-state index in [1.165, 1.54) is 15.9 Å². The molecule has 0 aliphatic rings. The average molecular weight is 293 g/mol. The number of aromatic nitrogens is 3. The predicted octanol–water partition coefficient (Wildman–Crippen LogP) is 1.33. The minimum absolute atomic E-state index is 0.250. The van der Waals surface area contributed by atoms with Crippen LogP contribution in [0.3, 0.4) is 0 Å². The summed E-state index contributed by atoms with van der Waals surface area (Å²) < 4.78 is 24.0. The molecule has 6 nitrogen and oxygen atoms in total. The van der Waals surface area contributed by atoms with Crippen LogP contribution < -0.4 is 5.14 Å². The van der Waals surface area contributed by atoms with Crippen molar-refractivity contribution in [2.75, 3.05) is 0 Å². The van der Waals surface area contributed by atoms with Crippen molar-refractivity contribution >= 4 is 33.0 Å². The highest BCUT2D eigenvalue weighted by molar-refractivity contribution is 7.89. The quantitative estimate of drug-likeness (QED) is 0.924. The lowest BCUT2D eigenvalue weighted by Crippen LogP contribution is -2.18. The number of halogens is 1. The van der Waals surface area contributed by atoms with Gasteiger partial charge >= 0.3 is 0 Å². The summed E-state index contributed by atoms with van der Waals surface area (Å²) in [7, 11) is -3.88. The van der Waals surface area contributed by atoms with Crippen LogP contribution in [0, 0.1) is 0 Å². The Morgan fingerprint density at radius 1 is 1.53 bits per heavy atom. The molecule has 2 rings (SSSR count). The number of primary sulfonamides is 1. The van der Waals surface area contributed by atoms with Gasteiger partial charge < -0.3 is 0 Å². The molecule has 92 valence electrons. The molecule has 0 bridgehead atoms. The third-order valence-electron chi connectivity index (χ3n) is 2.11. The summed E-state index contributed by atoms with van der Waals surface area (Å²) >= 11 is 7.34. The summed E-state index contributed by atoms with van der Waals surface area (Å²) in [5, 5.41) is 14.6. The minimum atomic E-state index is -3.88. The van der Waals surface area contributed by atoms with E-state index in [0.717, 1.165) is 0 Å². The molecular formula is C8H9ClN4O2S2. The fraction of sp³-hybridized carbons (Fsp3) is 0.250. The number of hydrogen-bond acceptors (Lipinski definition) is 5. The maximum absolute atomic E-state index is 11.3. The zero-order valence-electron chi connectivity index (χ0n) is 8.79. The molecule has 0 saturated carbocycles. The number of sulfonamides is 1. The van der Waals surface area contributed by atoms with Crippen molar-refractivity contribution in [2.45, 2.75) is 18.6 Å². The monoisotopic (exact) mass is 292 g/mol. The Bertz CT molecular complexity index is 646. The highest BCUT2D eigenvalue weighted by Gasteiger charge is 2.22. The van der Waals surface area contributed by atoms with E-state index in [1.807, 2.05) is 0 Å². The first-order chi connectivity index (χ1) is 7.95. The van der Waals surface area contributed by atoms with Crippen LogP contribution >= 0.6 is 22.9 Å². The second kappa shape index (κ2) is 4.37. The fourth-order valence-corrected chi connectivity index (χ4v) is 3.22. The zero-order valence-corrected chi connectivity index (χ0v) is 11.2. The highest BCUT2D eigenvalue weighted by atomic mass is 35.5. The Balaban J connectivity index is 2.66. The van der Waals surface area contributed by atoms with E-state index < -0.39 is 10.0 Å². The summed E-state index contributed by atoms with van der Waals surface area (Å²) in [6.07, 6.45) is 0. The minimum Gasteiger partial charge on any atom is -0.296 e. The van der Waals surface area contributed by atoms with E-state index in [4.69, 9.17) is 16.7 Å². The lowest BCUT2D eigenvalue weighted by molar-refractivity contribution is 0.571. The number of thiophene rings is 1. The van der Waals surface area contributed by atoms with E-state index in [2.05, 4.69) is 10.2 Å². The summed E-state index contributed by atoms with van der Waals surface area (Å²) in [6, 6.07) is 1.72. The first kappa shape index (κ1) is 12.5. The van der Waals surface area contributed by atoms with E-state index in [0.29, 0.717) is 22.3 Å². The largest absolute Gasteiger partial charge is 0.296 e. The first-order valence-electron chi connectivity index (χ1n) is 4.64. The third kappa shape index (κ3) is 2.21. The molecule has 0 radical (unpaired) electrons. The van der Waals surface area contributed by atoms with Crippen molar-refractivity contribution in [3.05, 3.63) is 16.5 Å². The van der Waals surface area contributed by atoms with Crippen LogP contribution in [0.25, 0.3) is 10.7 Å². The SMILES string of the molecule is CCn1c(-c2sccc2Cl)nnc1S(N)(=O)=O. The molecule has 0 atom stereocenters. The summed E-state index contributed by atoms with van der Waals surface area (Å²) in [5.74, 6) is 0.413. The first-order valence-corrected chi connectivity index (χ1v) is 7.45. The van der Waals surface area contributed by atoms with E-state index in [9.17, 15) is 8.42 Å². The maximum Gasteiger partial charge on any atom is 0.273 e. The standard InChI is InChI=1S/C8H9ClN4O2S2/c1-2-13-7(6-5(9)3-4-16-6)11-12-8(13)17(10,14)15/h3-4H,2H2,1H3,(H2,10,14,15). The Hall–Kier alpha value is -0.960. The lowest BCUT2D eigenvalue weighted by atomic mass is 10.4. The van der Waals surface area contributed by atoms with Gasteiger partial charge in [-0.05, 0) is 18.4 Å². The van der Waals surface area contributed by atoms with Gasteiger partial charge in [-0.25, -0.2) is 13.6 Å². The van der Waals surface area contributed by atoms with Gasteiger partial charge in [-0.3, -0.25) is 4.57 Å². The molecule has 0 unspecified atom stereocenters. The zero-order chi connectivity index (χ0) is 12.6. The van der Waals surface area contributed by atoms with Crippen molar-refractivity contribution in [1.29, 1.82) is 0 Å².